The molecule has 1 aliphatic rings. The number of fused-ring (bicyclic) bond motifs is 2. The molecule has 2 aromatic carbocycles. The lowest BCUT2D eigenvalue weighted by molar-refractivity contribution is -0.137. The molecule has 1 N–H and O–H groups in total. The van der Waals surface area contributed by atoms with Crippen LogP contribution in [0.15, 0.2) is 79.5 Å². The van der Waals surface area contributed by atoms with Crippen molar-refractivity contribution in [2.24, 2.45) is 0 Å². The standard InChI is InChI=1S/C29H25F3N6O/c1-18-14-36(16-24-13-33-27-5-3-4-8-38(24)27)26-9-20(6-7-25(18)26)28(39)35-22-10-21(29(30,31)32)11-23(12-22)37-15-19(2)34-17-37/h3-13,15,17-18H,14,16H2,1-2H3,(H,35,39). The van der Waals surface area contributed by atoms with Gasteiger partial charge in [-0.25, -0.2) is 9.97 Å². The number of alkyl halides is 3. The van der Waals surface area contributed by atoms with Crippen molar-refractivity contribution in [1.82, 2.24) is 18.9 Å². The van der Waals surface area contributed by atoms with Gasteiger partial charge in [0.25, 0.3) is 5.91 Å². The summed E-state index contributed by atoms with van der Waals surface area (Å²) >= 11 is 0. The summed E-state index contributed by atoms with van der Waals surface area (Å²) in [5.41, 5.74) is 4.41. The van der Waals surface area contributed by atoms with Crippen LogP contribution < -0.4 is 10.2 Å². The lowest BCUT2D eigenvalue weighted by Crippen LogP contribution is -2.22. The van der Waals surface area contributed by atoms with Crippen LogP contribution in [0.25, 0.3) is 11.3 Å². The first-order valence-electron chi connectivity index (χ1n) is 12.5. The van der Waals surface area contributed by atoms with Crippen LogP contribution in [0.3, 0.4) is 0 Å². The summed E-state index contributed by atoms with van der Waals surface area (Å²) in [5.74, 6) is -0.222. The Hall–Kier alpha value is -4.60. The number of hydrogen-bond acceptors (Lipinski definition) is 4. The topological polar surface area (TPSA) is 67.5 Å². The molecule has 0 saturated carbocycles. The van der Waals surface area contributed by atoms with E-state index in [4.69, 9.17) is 0 Å². The van der Waals surface area contributed by atoms with Gasteiger partial charge in [-0.3, -0.25) is 4.79 Å². The molecule has 4 heterocycles. The average Bonchev–Trinajstić information content (AvgIpc) is 3.61. The van der Waals surface area contributed by atoms with E-state index in [-0.39, 0.29) is 17.3 Å². The van der Waals surface area contributed by atoms with Gasteiger partial charge in [0.05, 0.1) is 36.0 Å². The lowest BCUT2D eigenvalue weighted by atomic mass is 10.0. The molecular formula is C29H25F3N6O. The highest BCUT2D eigenvalue weighted by molar-refractivity contribution is 6.05. The number of carbonyl (C=O) groups excluding carboxylic acids is 1. The zero-order chi connectivity index (χ0) is 27.3. The SMILES string of the molecule is Cc1cn(-c2cc(NC(=O)c3ccc4c(c3)N(Cc3cnc5ccccn35)CC4C)cc(C(F)(F)F)c2)cn1. The van der Waals surface area contributed by atoms with Crippen LogP contribution in [0.4, 0.5) is 24.5 Å². The van der Waals surface area contributed by atoms with Crippen LogP contribution in [0.2, 0.25) is 0 Å². The Labute approximate surface area is 222 Å². The predicted octanol–water partition coefficient (Wildman–Crippen LogP) is 6.22. The molecule has 198 valence electrons. The first kappa shape index (κ1) is 24.7. The number of anilines is 2. The van der Waals surface area contributed by atoms with Gasteiger partial charge in [-0.2, -0.15) is 13.2 Å². The highest BCUT2D eigenvalue weighted by atomic mass is 19.4. The Morgan fingerprint density at radius 2 is 1.95 bits per heavy atom. The Morgan fingerprint density at radius 3 is 2.72 bits per heavy atom. The smallest absolute Gasteiger partial charge is 0.365 e. The first-order valence-corrected chi connectivity index (χ1v) is 12.5. The molecule has 0 spiro atoms. The third-order valence-electron chi connectivity index (χ3n) is 7.02. The highest BCUT2D eigenvalue weighted by Gasteiger charge is 2.32. The van der Waals surface area contributed by atoms with Crippen molar-refractivity contribution >= 4 is 22.9 Å². The molecular weight excluding hydrogens is 505 g/mol. The summed E-state index contributed by atoms with van der Waals surface area (Å²) in [6.45, 7) is 5.27. The van der Waals surface area contributed by atoms with Crippen molar-refractivity contribution in [3.63, 3.8) is 0 Å². The quantitative estimate of drug-likeness (QED) is 0.293. The molecule has 39 heavy (non-hydrogen) atoms. The van der Waals surface area contributed by atoms with Gasteiger partial charge in [0.1, 0.15) is 5.65 Å². The molecule has 0 bridgehead atoms. The lowest BCUT2D eigenvalue weighted by Gasteiger charge is -2.20. The van der Waals surface area contributed by atoms with Crippen molar-refractivity contribution in [3.8, 4) is 5.69 Å². The van der Waals surface area contributed by atoms with Crippen LogP contribution in [-0.4, -0.2) is 31.4 Å². The molecule has 1 atom stereocenters. The maximum Gasteiger partial charge on any atom is 0.416 e. The minimum atomic E-state index is -4.58. The normalized spacial score (nSPS) is 15.1. The number of pyridine rings is 1. The average molecular weight is 531 g/mol. The van der Waals surface area contributed by atoms with Gasteiger partial charge in [-0.15, -0.1) is 0 Å². The second-order valence-electron chi connectivity index (χ2n) is 9.88. The second kappa shape index (κ2) is 9.30. The van der Waals surface area contributed by atoms with E-state index in [0.29, 0.717) is 17.8 Å². The van der Waals surface area contributed by atoms with Gasteiger partial charge >= 0.3 is 6.18 Å². The van der Waals surface area contributed by atoms with Crippen LogP contribution in [0, 0.1) is 6.92 Å². The van der Waals surface area contributed by atoms with Crippen molar-refractivity contribution in [2.45, 2.75) is 32.5 Å². The molecule has 3 aromatic heterocycles. The summed E-state index contributed by atoms with van der Waals surface area (Å²) in [5, 5.41) is 2.67. The zero-order valence-corrected chi connectivity index (χ0v) is 21.3. The number of benzene rings is 2. The maximum atomic E-state index is 13.7. The summed E-state index contributed by atoms with van der Waals surface area (Å²) in [6, 6.07) is 14.8. The number of hydrogen-bond donors (Lipinski definition) is 1. The largest absolute Gasteiger partial charge is 0.416 e. The number of rotatable bonds is 5. The second-order valence-corrected chi connectivity index (χ2v) is 9.88. The molecule has 10 heteroatoms. The Bertz CT molecular complexity index is 1700. The van der Waals surface area contributed by atoms with Crippen molar-refractivity contribution in [1.29, 1.82) is 0 Å². The van der Waals surface area contributed by atoms with Crippen molar-refractivity contribution < 1.29 is 18.0 Å². The summed E-state index contributed by atoms with van der Waals surface area (Å²) in [4.78, 5) is 24.0. The van der Waals surface area contributed by atoms with Gasteiger partial charge in [0.15, 0.2) is 0 Å². The fourth-order valence-electron chi connectivity index (χ4n) is 5.11. The van der Waals surface area contributed by atoms with Gasteiger partial charge in [-0.05, 0) is 55.0 Å². The third-order valence-corrected chi connectivity index (χ3v) is 7.02. The number of halogens is 3. The number of nitrogens with one attached hydrogen (secondary N) is 1. The summed E-state index contributed by atoms with van der Waals surface area (Å²) in [7, 11) is 0. The van der Waals surface area contributed by atoms with E-state index >= 15 is 0 Å². The van der Waals surface area contributed by atoms with Gasteiger partial charge in [-0.1, -0.05) is 19.1 Å². The molecule has 5 aromatic rings. The molecule has 6 rings (SSSR count). The molecule has 1 amide bonds. The maximum absolute atomic E-state index is 13.7. The van der Waals surface area contributed by atoms with Crippen LogP contribution in [0.1, 0.15) is 45.7 Å². The molecule has 1 unspecified atom stereocenters. The van der Waals surface area contributed by atoms with Crippen molar-refractivity contribution in [2.75, 3.05) is 16.8 Å². The molecule has 1 aliphatic heterocycles. The van der Waals surface area contributed by atoms with Gasteiger partial charge < -0.3 is 19.2 Å². The fourth-order valence-corrected chi connectivity index (χ4v) is 5.11. The molecule has 0 fully saturated rings. The zero-order valence-electron chi connectivity index (χ0n) is 21.3. The van der Waals surface area contributed by atoms with Crippen LogP contribution in [0.5, 0.6) is 0 Å². The van der Waals surface area contributed by atoms with Gasteiger partial charge in [0.2, 0.25) is 0 Å². The number of aromatic nitrogens is 4. The van der Waals surface area contributed by atoms with E-state index < -0.39 is 17.6 Å². The van der Waals surface area contributed by atoms with Gasteiger partial charge in [0, 0.05) is 47.5 Å². The number of nitrogens with zero attached hydrogens (tertiary/aromatic N) is 5. The molecule has 7 nitrogen and oxygen atoms in total. The highest BCUT2D eigenvalue weighted by Crippen LogP contribution is 2.38. The minimum absolute atomic E-state index is 0.0487. The third kappa shape index (κ3) is 4.73. The first-order chi connectivity index (χ1) is 18.7. The van der Waals surface area contributed by atoms with E-state index in [1.54, 1.807) is 19.2 Å². The predicted molar refractivity (Wildman–Crippen MR) is 142 cm³/mol. The number of aryl methyl sites for hydroxylation is 1. The van der Waals surface area contributed by atoms with Crippen LogP contribution >= 0.6 is 0 Å². The van der Waals surface area contributed by atoms with E-state index in [1.165, 1.54) is 17.0 Å². The molecule has 0 aliphatic carbocycles. The van der Waals surface area contributed by atoms with E-state index in [2.05, 4.69) is 27.1 Å². The monoisotopic (exact) mass is 530 g/mol. The number of imidazole rings is 2. The summed E-state index contributed by atoms with van der Waals surface area (Å²) < 4.78 is 44.5. The van der Waals surface area contributed by atoms with E-state index in [1.807, 2.05) is 47.1 Å². The van der Waals surface area contributed by atoms with Crippen LogP contribution in [-0.2, 0) is 12.7 Å². The fraction of sp³-hybridized carbons (Fsp3) is 0.207. The van der Waals surface area contributed by atoms with E-state index in [0.717, 1.165) is 41.3 Å². The number of amides is 1. The molecule has 0 saturated heterocycles. The Morgan fingerprint density at radius 1 is 1.10 bits per heavy atom. The Kier molecular flexibility index (Phi) is 5.90. The molecule has 0 radical (unpaired) electrons. The van der Waals surface area contributed by atoms with E-state index in [9.17, 15) is 18.0 Å². The summed E-state index contributed by atoms with van der Waals surface area (Å²) in [6.07, 6.45) is 2.31. The number of carbonyl (C=O) groups is 1. The Balaban J connectivity index is 1.29. The van der Waals surface area contributed by atoms with Crippen molar-refractivity contribution in [3.05, 3.63) is 108 Å². The minimum Gasteiger partial charge on any atom is -0.365 e.